The quantitative estimate of drug-likeness (QED) is 0.407. The highest BCUT2D eigenvalue weighted by Crippen LogP contribution is 2.38. The largest absolute Gasteiger partial charge is 0.486 e. The van der Waals surface area contributed by atoms with Crippen LogP contribution in [0.25, 0.3) is 0 Å². The van der Waals surface area contributed by atoms with Crippen LogP contribution in [0.2, 0.25) is 15.1 Å². The molecule has 4 rings (SSSR count). The number of carbonyl (C=O) groups is 1. The second-order valence-electron chi connectivity index (χ2n) is 7.17. The van der Waals surface area contributed by atoms with Gasteiger partial charge in [0.15, 0.2) is 5.75 Å². The number of fused-ring (bicyclic) bond motifs is 1. The number of ether oxygens (including phenoxy) is 1. The number of nitrogens with one attached hydrogen (secondary N) is 1. The highest BCUT2D eigenvalue weighted by atomic mass is 35.5. The SMILES string of the molecule is N#Cc1c(NC(=O)c2cccc(COc3c(Cl)cc(Cl)cc3Cl)c2)sc2c1CCCC2. The number of rotatable bonds is 5. The average molecular weight is 492 g/mol. The first-order chi connectivity index (χ1) is 15.0. The Hall–Kier alpha value is -2.23. The van der Waals surface area contributed by atoms with Gasteiger partial charge in [0.1, 0.15) is 17.7 Å². The van der Waals surface area contributed by atoms with Gasteiger partial charge in [0.25, 0.3) is 5.91 Å². The molecule has 1 aromatic heterocycles. The van der Waals surface area contributed by atoms with Crippen LogP contribution < -0.4 is 10.1 Å². The Labute approximate surface area is 199 Å². The Kier molecular flexibility index (Phi) is 6.74. The molecule has 0 spiro atoms. The number of anilines is 1. The second kappa shape index (κ2) is 9.50. The highest BCUT2D eigenvalue weighted by molar-refractivity contribution is 7.16. The van der Waals surface area contributed by atoms with Gasteiger partial charge in [-0.3, -0.25) is 4.79 Å². The summed E-state index contributed by atoms with van der Waals surface area (Å²) < 4.78 is 5.76. The molecular formula is C23H17Cl3N2O2S. The van der Waals surface area contributed by atoms with Crippen LogP contribution in [0.1, 0.15) is 44.8 Å². The lowest BCUT2D eigenvalue weighted by molar-refractivity contribution is 0.102. The molecule has 4 nitrogen and oxygen atoms in total. The van der Waals surface area contributed by atoms with Gasteiger partial charge in [-0.2, -0.15) is 5.26 Å². The van der Waals surface area contributed by atoms with Gasteiger partial charge in [0.2, 0.25) is 0 Å². The van der Waals surface area contributed by atoms with Gasteiger partial charge in [-0.1, -0.05) is 46.9 Å². The van der Waals surface area contributed by atoms with Gasteiger partial charge in [0.05, 0.1) is 15.6 Å². The topological polar surface area (TPSA) is 62.1 Å². The van der Waals surface area contributed by atoms with E-state index in [4.69, 9.17) is 39.5 Å². The van der Waals surface area contributed by atoms with E-state index in [0.717, 1.165) is 36.8 Å². The summed E-state index contributed by atoms with van der Waals surface area (Å²) in [5, 5.41) is 14.2. The second-order valence-corrected chi connectivity index (χ2v) is 9.52. The van der Waals surface area contributed by atoms with Crippen LogP contribution in [0.5, 0.6) is 5.75 Å². The number of hydrogen-bond acceptors (Lipinski definition) is 4. The lowest BCUT2D eigenvalue weighted by Crippen LogP contribution is -2.12. The summed E-state index contributed by atoms with van der Waals surface area (Å²) in [5.74, 6) is 0.0740. The minimum atomic E-state index is -0.264. The van der Waals surface area contributed by atoms with E-state index in [0.29, 0.717) is 36.9 Å². The maximum Gasteiger partial charge on any atom is 0.256 e. The average Bonchev–Trinajstić information content (AvgIpc) is 3.10. The Morgan fingerprint density at radius 3 is 2.61 bits per heavy atom. The Balaban J connectivity index is 1.49. The molecule has 1 N–H and O–H groups in total. The normalized spacial score (nSPS) is 12.7. The lowest BCUT2D eigenvalue weighted by atomic mass is 9.96. The summed E-state index contributed by atoms with van der Waals surface area (Å²) in [4.78, 5) is 14.1. The number of aryl methyl sites for hydroxylation is 1. The molecule has 8 heteroatoms. The molecule has 3 aromatic rings. The van der Waals surface area contributed by atoms with Crippen molar-refractivity contribution < 1.29 is 9.53 Å². The molecule has 0 atom stereocenters. The molecule has 0 radical (unpaired) electrons. The van der Waals surface area contributed by atoms with Crippen LogP contribution >= 0.6 is 46.1 Å². The molecule has 1 heterocycles. The van der Waals surface area contributed by atoms with Gasteiger partial charge in [-0.15, -0.1) is 11.3 Å². The highest BCUT2D eigenvalue weighted by Gasteiger charge is 2.22. The molecule has 0 unspecified atom stereocenters. The number of hydrogen-bond donors (Lipinski definition) is 1. The summed E-state index contributed by atoms with van der Waals surface area (Å²) in [6, 6.07) is 12.5. The number of benzene rings is 2. The van der Waals surface area contributed by atoms with Crippen LogP contribution in [0, 0.1) is 11.3 Å². The third-order valence-electron chi connectivity index (χ3n) is 5.05. The van der Waals surface area contributed by atoms with E-state index in [2.05, 4.69) is 11.4 Å². The van der Waals surface area contributed by atoms with Crippen molar-refractivity contribution in [1.29, 1.82) is 5.26 Å². The van der Waals surface area contributed by atoms with Crippen LogP contribution in [0.3, 0.4) is 0 Å². The van der Waals surface area contributed by atoms with Crippen LogP contribution in [-0.2, 0) is 19.4 Å². The number of carbonyl (C=O) groups excluding carboxylic acids is 1. The molecule has 1 aliphatic rings. The van der Waals surface area contributed by atoms with E-state index in [9.17, 15) is 10.1 Å². The molecule has 158 valence electrons. The van der Waals surface area contributed by atoms with Gasteiger partial charge < -0.3 is 10.1 Å². The summed E-state index contributed by atoms with van der Waals surface area (Å²) in [5.41, 5.74) is 2.94. The third kappa shape index (κ3) is 4.83. The Morgan fingerprint density at radius 2 is 1.87 bits per heavy atom. The minimum Gasteiger partial charge on any atom is -0.486 e. The van der Waals surface area contributed by atoms with E-state index in [1.54, 1.807) is 30.3 Å². The Bertz CT molecular complexity index is 1180. The van der Waals surface area contributed by atoms with Crippen molar-refractivity contribution in [3.8, 4) is 11.8 Å². The predicted molar refractivity (Wildman–Crippen MR) is 126 cm³/mol. The summed E-state index contributed by atoms with van der Waals surface area (Å²) in [6.07, 6.45) is 4.06. The lowest BCUT2D eigenvalue weighted by Gasteiger charge is -2.11. The predicted octanol–water partition coefficient (Wildman–Crippen LogP) is 7.29. The fourth-order valence-corrected chi connectivity index (χ4v) is 5.73. The van der Waals surface area contributed by atoms with Gasteiger partial charge in [-0.05, 0) is 61.1 Å². The number of thiophene rings is 1. The maximum atomic E-state index is 12.9. The van der Waals surface area contributed by atoms with Crippen molar-refractivity contribution in [2.24, 2.45) is 0 Å². The van der Waals surface area contributed by atoms with E-state index in [1.165, 1.54) is 16.2 Å². The van der Waals surface area contributed by atoms with E-state index >= 15 is 0 Å². The molecule has 2 aromatic carbocycles. The van der Waals surface area contributed by atoms with E-state index < -0.39 is 0 Å². The first kappa shape index (κ1) is 22.0. The van der Waals surface area contributed by atoms with Crippen LogP contribution in [0.15, 0.2) is 36.4 Å². The van der Waals surface area contributed by atoms with E-state index in [1.807, 2.05) is 6.07 Å². The van der Waals surface area contributed by atoms with Crippen molar-refractivity contribution in [2.45, 2.75) is 32.3 Å². The zero-order valence-electron chi connectivity index (χ0n) is 16.3. The van der Waals surface area contributed by atoms with Crippen molar-refractivity contribution in [2.75, 3.05) is 5.32 Å². The summed E-state index contributed by atoms with van der Waals surface area (Å²) in [6.45, 7) is 0.180. The van der Waals surface area contributed by atoms with Crippen molar-refractivity contribution in [3.63, 3.8) is 0 Å². The summed E-state index contributed by atoms with van der Waals surface area (Å²) in [7, 11) is 0. The molecule has 0 aliphatic heterocycles. The fraction of sp³-hybridized carbons (Fsp3) is 0.217. The molecule has 0 saturated carbocycles. The zero-order chi connectivity index (χ0) is 22.0. The van der Waals surface area contributed by atoms with Crippen molar-refractivity contribution in [1.82, 2.24) is 0 Å². The first-order valence-corrected chi connectivity index (χ1v) is 11.6. The van der Waals surface area contributed by atoms with Crippen LogP contribution in [0.4, 0.5) is 5.00 Å². The third-order valence-corrected chi connectivity index (χ3v) is 7.03. The first-order valence-electron chi connectivity index (χ1n) is 9.68. The molecule has 31 heavy (non-hydrogen) atoms. The number of halogens is 3. The molecule has 0 bridgehead atoms. The van der Waals surface area contributed by atoms with Crippen molar-refractivity contribution >= 4 is 57.0 Å². The Morgan fingerprint density at radius 1 is 1.13 bits per heavy atom. The van der Waals surface area contributed by atoms with Gasteiger partial charge >= 0.3 is 0 Å². The minimum absolute atomic E-state index is 0.180. The monoisotopic (exact) mass is 490 g/mol. The molecule has 0 fully saturated rings. The van der Waals surface area contributed by atoms with E-state index in [-0.39, 0.29) is 12.5 Å². The number of nitriles is 1. The fourth-order valence-electron chi connectivity index (χ4n) is 3.57. The van der Waals surface area contributed by atoms with Gasteiger partial charge in [-0.25, -0.2) is 0 Å². The standard InChI is InChI=1S/C23H17Cl3N2O2S/c24-15-9-18(25)21(19(26)10-15)30-12-13-4-3-5-14(8-13)22(29)28-23-17(11-27)16-6-1-2-7-20(16)31-23/h3-5,8-10H,1-2,6-7,12H2,(H,28,29). The number of nitrogens with zero attached hydrogens (tertiary/aromatic N) is 1. The molecule has 1 amide bonds. The molecule has 1 aliphatic carbocycles. The molecular weight excluding hydrogens is 475 g/mol. The smallest absolute Gasteiger partial charge is 0.256 e. The molecule has 0 saturated heterocycles. The van der Waals surface area contributed by atoms with Crippen LogP contribution in [-0.4, -0.2) is 5.91 Å². The maximum absolute atomic E-state index is 12.9. The summed E-state index contributed by atoms with van der Waals surface area (Å²) >= 11 is 19.8. The van der Waals surface area contributed by atoms with Crippen molar-refractivity contribution in [3.05, 3.63) is 78.6 Å². The zero-order valence-corrected chi connectivity index (χ0v) is 19.4. The number of amides is 1. The van der Waals surface area contributed by atoms with Gasteiger partial charge in [0, 0.05) is 15.5 Å².